The molecular formula is C25H39N3O. The molecule has 0 fully saturated rings. The van der Waals surface area contributed by atoms with E-state index in [2.05, 4.69) is 31.3 Å². The Hall–Kier alpha value is -2.46. The number of carbonyl (C=O) groups is 1. The van der Waals surface area contributed by atoms with Gasteiger partial charge in [0.05, 0.1) is 17.1 Å². The van der Waals surface area contributed by atoms with Crippen molar-refractivity contribution >= 4 is 27.7 Å². The van der Waals surface area contributed by atoms with Gasteiger partial charge in [-0.05, 0) is 44.4 Å². The van der Waals surface area contributed by atoms with Crippen molar-refractivity contribution < 1.29 is 6.22 Å². The minimum atomic E-state index is -0.502. The van der Waals surface area contributed by atoms with E-state index in [9.17, 15) is 4.79 Å². The Morgan fingerprint density at radius 2 is 1.45 bits per heavy atom. The number of para-hydroxylation sites is 2. The molecule has 4 nitrogen and oxygen atoms in total. The summed E-state index contributed by atoms with van der Waals surface area (Å²) in [6, 6.07) is 15.9. The maximum atomic E-state index is 12.1. The van der Waals surface area contributed by atoms with Crippen LogP contribution in [0.4, 0.5) is 0 Å². The zero-order chi connectivity index (χ0) is 21.8. The van der Waals surface area contributed by atoms with Gasteiger partial charge in [-0.25, -0.2) is 4.98 Å². The largest absolute Gasteiger partial charge is 0.353 e. The maximum absolute atomic E-state index is 12.1. The van der Waals surface area contributed by atoms with Gasteiger partial charge in [-0.2, -0.15) is 0 Å². The van der Waals surface area contributed by atoms with E-state index < -0.39 is 6.04 Å². The monoisotopic (exact) mass is 397 g/mol. The van der Waals surface area contributed by atoms with Crippen LogP contribution in [-0.4, -0.2) is 23.0 Å². The number of hydrogen-bond donors (Lipinski definition) is 2. The lowest BCUT2D eigenvalue weighted by Gasteiger charge is -2.16. The quantitative estimate of drug-likeness (QED) is 0.530. The highest BCUT2D eigenvalue weighted by molar-refractivity contribution is 5.97. The number of hydrogen-bond acceptors (Lipinski definition) is 3. The second-order valence-corrected chi connectivity index (χ2v) is 7.14. The molecule has 0 saturated heterocycles. The molecular weight excluding hydrogens is 358 g/mol. The van der Waals surface area contributed by atoms with Crippen LogP contribution in [0.2, 0.25) is 0 Å². The van der Waals surface area contributed by atoms with Crippen molar-refractivity contribution in [3.8, 4) is 0 Å². The van der Waals surface area contributed by atoms with E-state index in [1.54, 1.807) is 0 Å². The van der Waals surface area contributed by atoms with Gasteiger partial charge in [0.25, 0.3) is 0 Å². The van der Waals surface area contributed by atoms with Crippen LogP contribution in [-0.2, 0) is 11.2 Å². The van der Waals surface area contributed by atoms with Gasteiger partial charge in [-0.3, -0.25) is 4.79 Å². The molecule has 0 bridgehead atoms. The molecule has 0 aliphatic heterocycles. The summed E-state index contributed by atoms with van der Waals surface area (Å²) < 4.78 is 0. The topological polar surface area (TPSA) is 68.0 Å². The van der Waals surface area contributed by atoms with Crippen LogP contribution in [0.1, 0.15) is 61.4 Å². The maximum Gasteiger partial charge on any atom is 0.237 e. The first-order valence-corrected chi connectivity index (χ1v) is 10.8. The molecule has 160 valence electrons. The van der Waals surface area contributed by atoms with Crippen LogP contribution in [0.25, 0.3) is 21.8 Å². The van der Waals surface area contributed by atoms with Gasteiger partial charge in [-0.1, -0.05) is 70.5 Å². The normalized spacial score (nSPS) is 11.3. The number of benzene rings is 2. The average Bonchev–Trinajstić information content (AvgIpc) is 2.72. The van der Waals surface area contributed by atoms with Crippen molar-refractivity contribution in [2.45, 2.75) is 72.9 Å². The van der Waals surface area contributed by atoms with E-state index >= 15 is 0 Å². The first-order chi connectivity index (χ1) is 14.0. The first-order valence-electron chi connectivity index (χ1n) is 10.8. The van der Waals surface area contributed by atoms with E-state index in [4.69, 9.17) is 10.7 Å². The second kappa shape index (κ2) is 12.9. The number of amides is 1. The van der Waals surface area contributed by atoms with E-state index in [1.807, 2.05) is 64.1 Å². The summed E-state index contributed by atoms with van der Waals surface area (Å²) in [5.74, 6) is -0.0901. The summed E-state index contributed by atoms with van der Waals surface area (Å²) in [5, 5.41) is 5.14. The lowest BCUT2D eigenvalue weighted by Crippen LogP contribution is -2.43. The lowest BCUT2D eigenvalue weighted by molar-refractivity contribution is -0.122. The second-order valence-electron chi connectivity index (χ2n) is 7.14. The van der Waals surface area contributed by atoms with Gasteiger partial charge in [0.2, 0.25) is 5.91 Å². The van der Waals surface area contributed by atoms with E-state index in [-0.39, 0.29) is 13.4 Å². The number of carbonyl (C=O) groups excluding carboxylic acids is 1. The predicted molar refractivity (Wildman–Crippen MR) is 128 cm³/mol. The summed E-state index contributed by atoms with van der Waals surface area (Å²) in [5.41, 5.74) is 9.24. The van der Waals surface area contributed by atoms with Gasteiger partial charge < -0.3 is 11.1 Å². The highest BCUT2D eigenvalue weighted by Crippen LogP contribution is 2.27. The number of fused-ring (bicyclic) bond motifs is 2. The predicted octanol–water partition coefficient (Wildman–Crippen LogP) is 5.86. The number of aromatic nitrogens is 1. The molecule has 3 rings (SSSR count). The molecule has 1 heterocycles. The molecule has 3 N–H and O–H groups in total. The molecule has 29 heavy (non-hydrogen) atoms. The molecule has 0 aliphatic carbocycles. The Kier molecular flexibility index (Phi) is 10.9. The van der Waals surface area contributed by atoms with Crippen molar-refractivity contribution in [2.75, 3.05) is 0 Å². The standard InChI is InChI=1S/C20H23N3O.C3H8.C2H6.H2/c1-13(2)22-20(24)17(21)12-11-14-15-7-3-5-9-18(15)23-19-10-6-4-8-16(14)19;1-3-2;1-2;/h3-10,13,17H,11-12,21H2,1-2H3,(H,22,24);3H2,1-2H3;1-2H3;1H. The Morgan fingerprint density at radius 3 is 1.90 bits per heavy atom. The van der Waals surface area contributed by atoms with Crippen LogP contribution in [0, 0.1) is 0 Å². The molecule has 4 heteroatoms. The SMILES string of the molecule is CC.CC(C)NC(=O)C(N)CCc1c2ccccc2nc2ccccc12.CCC.[HH]. The number of pyridine rings is 1. The van der Waals surface area contributed by atoms with Crippen molar-refractivity contribution in [1.29, 1.82) is 0 Å². The van der Waals surface area contributed by atoms with E-state index in [1.165, 1.54) is 12.0 Å². The Morgan fingerprint density at radius 1 is 1.00 bits per heavy atom. The smallest absolute Gasteiger partial charge is 0.237 e. The third-order valence-electron chi connectivity index (χ3n) is 4.17. The number of nitrogens with one attached hydrogen (secondary N) is 1. The van der Waals surface area contributed by atoms with E-state index in [0.717, 1.165) is 28.2 Å². The highest BCUT2D eigenvalue weighted by atomic mass is 16.2. The van der Waals surface area contributed by atoms with Crippen LogP contribution in [0.3, 0.4) is 0 Å². The number of nitrogens with two attached hydrogens (primary N) is 1. The van der Waals surface area contributed by atoms with Gasteiger partial charge in [0, 0.05) is 18.2 Å². The molecule has 3 aromatic rings. The molecule has 2 aromatic carbocycles. The molecule has 0 spiro atoms. The number of rotatable bonds is 5. The molecule has 0 saturated carbocycles. The van der Waals surface area contributed by atoms with Gasteiger partial charge in [-0.15, -0.1) is 0 Å². The lowest BCUT2D eigenvalue weighted by atomic mass is 9.97. The summed E-state index contributed by atoms with van der Waals surface area (Å²) in [4.78, 5) is 16.8. The fourth-order valence-electron chi connectivity index (χ4n) is 3.02. The Bertz CT molecular complexity index is 842. The van der Waals surface area contributed by atoms with Crippen LogP contribution < -0.4 is 11.1 Å². The third-order valence-corrected chi connectivity index (χ3v) is 4.17. The van der Waals surface area contributed by atoms with Gasteiger partial charge in [0.1, 0.15) is 0 Å². The zero-order valence-corrected chi connectivity index (χ0v) is 18.8. The first kappa shape index (κ1) is 24.6. The summed E-state index contributed by atoms with van der Waals surface area (Å²) in [6.45, 7) is 12.1. The van der Waals surface area contributed by atoms with Crippen molar-refractivity contribution in [3.05, 3.63) is 54.1 Å². The van der Waals surface area contributed by atoms with Crippen molar-refractivity contribution in [1.82, 2.24) is 10.3 Å². The molecule has 1 aromatic heterocycles. The van der Waals surface area contributed by atoms with Crippen molar-refractivity contribution in [2.24, 2.45) is 5.73 Å². The average molecular weight is 398 g/mol. The highest BCUT2D eigenvalue weighted by Gasteiger charge is 2.16. The summed E-state index contributed by atoms with van der Waals surface area (Å²) >= 11 is 0. The van der Waals surface area contributed by atoms with Gasteiger partial charge in [0.15, 0.2) is 0 Å². The fourth-order valence-corrected chi connectivity index (χ4v) is 3.02. The van der Waals surface area contributed by atoms with Crippen molar-refractivity contribution in [3.63, 3.8) is 0 Å². The Balaban J connectivity index is 0.00000129. The summed E-state index contributed by atoms with van der Waals surface area (Å²) in [7, 11) is 0. The molecule has 1 amide bonds. The van der Waals surface area contributed by atoms with Crippen LogP contribution >= 0.6 is 0 Å². The molecule has 1 atom stereocenters. The number of nitrogens with zero attached hydrogens (tertiary/aromatic N) is 1. The van der Waals surface area contributed by atoms with Crippen LogP contribution in [0.5, 0.6) is 0 Å². The third kappa shape index (κ3) is 7.13. The molecule has 0 aliphatic rings. The van der Waals surface area contributed by atoms with Crippen LogP contribution in [0.15, 0.2) is 48.5 Å². The van der Waals surface area contributed by atoms with E-state index in [0.29, 0.717) is 6.42 Å². The minimum Gasteiger partial charge on any atom is -0.353 e. The number of aryl methyl sites for hydroxylation is 1. The fraction of sp³-hybridized carbons (Fsp3) is 0.440. The van der Waals surface area contributed by atoms with Gasteiger partial charge >= 0.3 is 0 Å². The Labute approximate surface area is 177 Å². The molecule has 1 unspecified atom stereocenters. The minimum absolute atomic E-state index is 0. The molecule has 0 radical (unpaired) electrons. The summed E-state index contributed by atoms with van der Waals surface area (Å²) in [6.07, 6.45) is 2.60. The zero-order valence-electron chi connectivity index (χ0n) is 18.8.